The zero-order valence-electron chi connectivity index (χ0n) is 12.5. The Labute approximate surface area is 117 Å². The van der Waals surface area contributed by atoms with E-state index in [4.69, 9.17) is 4.74 Å². The highest BCUT2D eigenvalue weighted by Crippen LogP contribution is 2.12. The fraction of sp³-hybridized carbons (Fsp3) is 0.588. The van der Waals surface area contributed by atoms with Gasteiger partial charge in [-0.2, -0.15) is 0 Å². The van der Waals surface area contributed by atoms with Crippen LogP contribution in [-0.2, 0) is 16.1 Å². The molecule has 0 saturated heterocycles. The molecule has 0 heterocycles. The van der Waals surface area contributed by atoms with Gasteiger partial charge < -0.3 is 4.74 Å². The van der Waals surface area contributed by atoms with Crippen LogP contribution in [0.25, 0.3) is 0 Å². The van der Waals surface area contributed by atoms with E-state index in [1.54, 1.807) is 0 Å². The number of hydrogen-bond acceptors (Lipinski definition) is 2. The van der Waals surface area contributed by atoms with Crippen LogP contribution in [0.15, 0.2) is 18.2 Å². The number of carbonyl (C=O) groups excluding carboxylic acids is 1. The van der Waals surface area contributed by atoms with Crippen molar-refractivity contribution in [3.05, 3.63) is 34.9 Å². The molecule has 1 rings (SSSR count). The number of aryl methyl sites for hydroxylation is 2. The Bertz CT molecular complexity index is 396. The summed E-state index contributed by atoms with van der Waals surface area (Å²) in [5.74, 6) is -0.0727. The first-order valence-corrected chi connectivity index (χ1v) is 7.35. The molecule has 0 bridgehead atoms. The first kappa shape index (κ1) is 15.7. The zero-order valence-corrected chi connectivity index (χ0v) is 12.5. The molecule has 0 saturated carbocycles. The maximum absolute atomic E-state index is 11.6. The summed E-state index contributed by atoms with van der Waals surface area (Å²) in [4.78, 5) is 11.6. The van der Waals surface area contributed by atoms with Crippen molar-refractivity contribution in [1.82, 2.24) is 0 Å². The summed E-state index contributed by atoms with van der Waals surface area (Å²) < 4.78 is 5.32. The van der Waals surface area contributed by atoms with E-state index >= 15 is 0 Å². The monoisotopic (exact) mass is 262 g/mol. The Kier molecular flexibility index (Phi) is 7.24. The molecule has 0 radical (unpaired) electrons. The molecule has 2 nitrogen and oxygen atoms in total. The number of carbonyl (C=O) groups is 1. The molecule has 0 amide bonds. The fourth-order valence-electron chi connectivity index (χ4n) is 2.11. The predicted octanol–water partition coefficient (Wildman–Crippen LogP) is 4.71. The highest BCUT2D eigenvalue weighted by molar-refractivity contribution is 5.69. The Balaban J connectivity index is 2.22. The molecule has 0 N–H and O–H groups in total. The molecule has 0 unspecified atom stereocenters. The van der Waals surface area contributed by atoms with Crippen LogP contribution < -0.4 is 0 Å². The average Bonchev–Trinajstić information content (AvgIpc) is 2.37. The SMILES string of the molecule is CCCCCCCC(=O)OCc1ccc(C)cc1C. The van der Waals surface area contributed by atoms with Gasteiger partial charge in [0.15, 0.2) is 0 Å². The molecule has 19 heavy (non-hydrogen) atoms. The smallest absolute Gasteiger partial charge is 0.306 e. The van der Waals surface area contributed by atoms with Crippen molar-refractivity contribution in [2.45, 2.75) is 65.9 Å². The lowest BCUT2D eigenvalue weighted by Gasteiger charge is -2.08. The van der Waals surface area contributed by atoms with Gasteiger partial charge in [0.1, 0.15) is 6.61 Å². The summed E-state index contributed by atoms with van der Waals surface area (Å²) in [7, 11) is 0. The molecular weight excluding hydrogens is 236 g/mol. The van der Waals surface area contributed by atoms with Crippen molar-refractivity contribution in [1.29, 1.82) is 0 Å². The van der Waals surface area contributed by atoms with Gasteiger partial charge in [-0.25, -0.2) is 0 Å². The average molecular weight is 262 g/mol. The maximum atomic E-state index is 11.6. The van der Waals surface area contributed by atoms with Gasteiger partial charge in [-0.1, -0.05) is 56.4 Å². The van der Waals surface area contributed by atoms with E-state index in [0.29, 0.717) is 13.0 Å². The second-order valence-electron chi connectivity index (χ2n) is 5.25. The zero-order chi connectivity index (χ0) is 14.1. The lowest BCUT2D eigenvalue weighted by molar-refractivity contribution is -0.145. The normalized spacial score (nSPS) is 10.5. The van der Waals surface area contributed by atoms with Crippen molar-refractivity contribution < 1.29 is 9.53 Å². The van der Waals surface area contributed by atoms with Crippen molar-refractivity contribution in [3.63, 3.8) is 0 Å². The van der Waals surface area contributed by atoms with Crippen molar-refractivity contribution in [3.8, 4) is 0 Å². The number of esters is 1. The molecule has 0 aromatic heterocycles. The van der Waals surface area contributed by atoms with Gasteiger partial charge in [0.25, 0.3) is 0 Å². The number of ether oxygens (including phenoxy) is 1. The third-order valence-electron chi connectivity index (χ3n) is 3.37. The van der Waals surface area contributed by atoms with Gasteiger partial charge in [-0.15, -0.1) is 0 Å². The number of benzene rings is 1. The highest BCUT2D eigenvalue weighted by Gasteiger charge is 2.05. The van der Waals surface area contributed by atoms with E-state index < -0.39 is 0 Å². The molecule has 0 spiro atoms. The quantitative estimate of drug-likeness (QED) is 0.501. The Hall–Kier alpha value is -1.31. The molecule has 106 valence electrons. The van der Waals surface area contributed by atoms with Crippen LogP contribution in [0, 0.1) is 13.8 Å². The fourth-order valence-corrected chi connectivity index (χ4v) is 2.11. The van der Waals surface area contributed by atoms with Gasteiger partial charge in [-0.05, 0) is 31.4 Å². The summed E-state index contributed by atoms with van der Waals surface area (Å²) in [5, 5.41) is 0. The third-order valence-corrected chi connectivity index (χ3v) is 3.37. The van der Waals surface area contributed by atoms with Crippen molar-refractivity contribution >= 4 is 5.97 Å². The van der Waals surface area contributed by atoms with Gasteiger partial charge in [0.2, 0.25) is 0 Å². The first-order valence-electron chi connectivity index (χ1n) is 7.35. The van der Waals surface area contributed by atoms with Crippen molar-refractivity contribution in [2.24, 2.45) is 0 Å². The van der Waals surface area contributed by atoms with Gasteiger partial charge in [0, 0.05) is 6.42 Å². The van der Waals surface area contributed by atoms with Crippen molar-refractivity contribution in [2.75, 3.05) is 0 Å². The van der Waals surface area contributed by atoms with Gasteiger partial charge in [0.05, 0.1) is 0 Å². The van der Waals surface area contributed by atoms with E-state index in [1.165, 1.54) is 30.4 Å². The highest BCUT2D eigenvalue weighted by atomic mass is 16.5. The summed E-state index contributed by atoms with van der Waals surface area (Å²) in [6.45, 7) is 6.72. The topological polar surface area (TPSA) is 26.3 Å². The van der Waals surface area contributed by atoms with Crippen LogP contribution in [0.5, 0.6) is 0 Å². The van der Waals surface area contributed by atoms with Gasteiger partial charge >= 0.3 is 5.97 Å². The number of hydrogen-bond donors (Lipinski definition) is 0. The second kappa shape index (κ2) is 8.73. The Morgan fingerprint density at radius 3 is 2.53 bits per heavy atom. The maximum Gasteiger partial charge on any atom is 0.306 e. The number of unbranched alkanes of at least 4 members (excludes halogenated alkanes) is 4. The molecule has 0 aliphatic carbocycles. The largest absolute Gasteiger partial charge is 0.461 e. The molecule has 0 aliphatic rings. The molecule has 0 atom stereocenters. The van der Waals surface area contributed by atoms with E-state index in [1.807, 2.05) is 6.07 Å². The van der Waals surface area contributed by atoms with Crippen LogP contribution >= 0.6 is 0 Å². The van der Waals surface area contributed by atoms with Crippen LogP contribution in [0.2, 0.25) is 0 Å². The molecule has 0 aliphatic heterocycles. The molecular formula is C17H26O2. The first-order chi connectivity index (χ1) is 9.13. The van der Waals surface area contributed by atoms with Crippen LogP contribution in [0.3, 0.4) is 0 Å². The summed E-state index contributed by atoms with van der Waals surface area (Å²) >= 11 is 0. The van der Waals surface area contributed by atoms with Gasteiger partial charge in [-0.3, -0.25) is 4.79 Å². The molecule has 0 fully saturated rings. The van der Waals surface area contributed by atoms with E-state index in [9.17, 15) is 4.79 Å². The minimum atomic E-state index is -0.0727. The summed E-state index contributed by atoms with van der Waals surface area (Å²) in [5.41, 5.74) is 3.53. The standard InChI is InChI=1S/C17H26O2/c1-4-5-6-7-8-9-17(18)19-13-16-11-10-14(2)12-15(16)3/h10-12H,4-9,13H2,1-3H3. The molecule has 1 aromatic rings. The summed E-state index contributed by atoms with van der Waals surface area (Å²) in [6, 6.07) is 6.22. The van der Waals surface area contributed by atoms with E-state index in [-0.39, 0.29) is 5.97 Å². The van der Waals surface area contributed by atoms with Crippen LogP contribution in [0.4, 0.5) is 0 Å². The Morgan fingerprint density at radius 1 is 1.11 bits per heavy atom. The minimum Gasteiger partial charge on any atom is -0.461 e. The predicted molar refractivity (Wildman–Crippen MR) is 79.1 cm³/mol. The minimum absolute atomic E-state index is 0.0727. The van der Waals surface area contributed by atoms with Crippen LogP contribution in [-0.4, -0.2) is 5.97 Å². The van der Waals surface area contributed by atoms with Crippen LogP contribution in [0.1, 0.15) is 62.1 Å². The molecule has 1 aromatic carbocycles. The Morgan fingerprint density at radius 2 is 1.84 bits per heavy atom. The number of rotatable bonds is 8. The third kappa shape index (κ3) is 6.42. The van der Waals surface area contributed by atoms with E-state index in [2.05, 4.69) is 32.9 Å². The summed E-state index contributed by atoms with van der Waals surface area (Å²) in [6.07, 6.45) is 6.35. The second-order valence-corrected chi connectivity index (χ2v) is 5.25. The van der Waals surface area contributed by atoms with E-state index in [0.717, 1.165) is 18.4 Å². The lowest BCUT2D eigenvalue weighted by Crippen LogP contribution is -2.05. The molecule has 2 heteroatoms. The lowest BCUT2D eigenvalue weighted by atomic mass is 10.1.